The van der Waals surface area contributed by atoms with Crippen LogP contribution in [0.5, 0.6) is 5.75 Å². The van der Waals surface area contributed by atoms with Crippen LogP contribution in [0, 0.1) is 28.6 Å². The number of aliphatic hydroxyl groups is 1. The van der Waals surface area contributed by atoms with E-state index >= 15 is 0 Å². The number of phenolic OH excluding ortho intramolecular Hbond substituents is 1. The summed E-state index contributed by atoms with van der Waals surface area (Å²) in [5, 5.41) is 20.1. The number of aliphatic hydroxyl groups excluding tert-OH is 1. The molecule has 0 radical (unpaired) electrons. The lowest BCUT2D eigenvalue weighted by Crippen LogP contribution is -2.53. The molecule has 2 aromatic carbocycles. The second kappa shape index (κ2) is 9.79. The summed E-state index contributed by atoms with van der Waals surface area (Å²) in [4.78, 5) is 14.4. The number of phenols is 1. The van der Waals surface area contributed by atoms with Gasteiger partial charge in [-0.15, -0.1) is 0 Å². The highest BCUT2D eigenvalue weighted by molar-refractivity contribution is 5.89. The molecule has 192 valence electrons. The second-order valence-electron chi connectivity index (χ2n) is 11.5. The van der Waals surface area contributed by atoms with Crippen LogP contribution < -0.4 is 0 Å². The van der Waals surface area contributed by atoms with Crippen molar-refractivity contribution in [3.63, 3.8) is 0 Å². The number of ketones is 1. The zero-order chi connectivity index (χ0) is 25.5. The normalized spacial score (nSPS) is 32.2. The van der Waals surface area contributed by atoms with Gasteiger partial charge >= 0.3 is 0 Å². The van der Waals surface area contributed by atoms with E-state index in [0.29, 0.717) is 25.2 Å². The van der Waals surface area contributed by atoms with Crippen LogP contribution >= 0.6 is 0 Å². The molecule has 2 N–H and O–H groups in total. The Morgan fingerprint density at radius 2 is 1.78 bits per heavy atom. The van der Waals surface area contributed by atoms with E-state index in [2.05, 4.69) is 25.6 Å². The first-order valence-electron chi connectivity index (χ1n) is 13.6. The van der Waals surface area contributed by atoms with E-state index in [-0.39, 0.29) is 41.5 Å². The molecule has 0 saturated heterocycles. The minimum absolute atomic E-state index is 0.0390. The molecule has 5 atom stereocenters. The van der Waals surface area contributed by atoms with E-state index in [1.807, 2.05) is 24.3 Å². The lowest BCUT2D eigenvalue weighted by molar-refractivity contribution is -0.146. The summed E-state index contributed by atoms with van der Waals surface area (Å²) in [6.45, 7) is 6.97. The smallest absolute Gasteiger partial charge is 0.142 e. The maximum absolute atomic E-state index is 14.4. The molecule has 2 aromatic rings. The van der Waals surface area contributed by atoms with Crippen LogP contribution in [0.25, 0.3) is 11.1 Å². The summed E-state index contributed by atoms with van der Waals surface area (Å²) in [6.07, 6.45) is 7.58. The molecule has 5 rings (SSSR count). The highest BCUT2D eigenvalue weighted by Crippen LogP contribution is 2.73. The van der Waals surface area contributed by atoms with Gasteiger partial charge in [0.05, 0.1) is 11.5 Å². The molecule has 3 fully saturated rings. The number of aryl methyl sites for hydroxylation is 1. The summed E-state index contributed by atoms with van der Waals surface area (Å²) in [7, 11) is 1.73. The Hall–Kier alpha value is -2.43. The Kier molecular flexibility index (Phi) is 6.86. The zero-order valence-electron chi connectivity index (χ0n) is 21.7. The number of ether oxygens (including phenoxy) is 1. The highest BCUT2D eigenvalue weighted by atomic mass is 16.5. The quantitative estimate of drug-likeness (QED) is 0.425. The van der Waals surface area contributed by atoms with Gasteiger partial charge in [0.1, 0.15) is 11.5 Å². The van der Waals surface area contributed by atoms with Crippen LogP contribution in [-0.2, 0) is 16.0 Å². The molecule has 3 aliphatic rings. The predicted molar refractivity (Wildman–Crippen MR) is 143 cm³/mol. The minimum Gasteiger partial charge on any atom is -0.508 e. The van der Waals surface area contributed by atoms with Crippen LogP contribution in [0.4, 0.5) is 0 Å². The topological polar surface area (TPSA) is 66.8 Å². The first-order chi connectivity index (χ1) is 17.4. The Morgan fingerprint density at radius 1 is 1.08 bits per heavy atom. The molecule has 5 unspecified atom stereocenters. The van der Waals surface area contributed by atoms with Gasteiger partial charge in [0.15, 0.2) is 0 Å². The number of hydrogen-bond donors (Lipinski definition) is 2. The van der Waals surface area contributed by atoms with Gasteiger partial charge in [0.25, 0.3) is 0 Å². The number of rotatable bonds is 8. The average molecular weight is 489 g/mol. The molecule has 0 aliphatic heterocycles. The number of Topliss-reactive ketones (excluding diaryl/α,β-unsaturated/α-hetero) is 1. The fourth-order valence-electron chi connectivity index (χ4n) is 8.29. The molecule has 3 saturated carbocycles. The molecule has 4 heteroatoms. The Bertz CT molecular complexity index is 1130. The van der Waals surface area contributed by atoms with E-state index in [9.17, 15) is 15.0 Å². The number of fused-ring (bicyclic) bond motifs is 2. The molecule has 0 aromatic heterocycles. The molecule has 3 aliphatic carbocycles. The Balaban J connectivity index is 1.44. The van der Waals surface area contributed by atoms with Crippen molar-refractivity contribution in [3.8, 4) is 16.9 Å². The molecule has 0 heterocycles. The fourth-order valence-corrected chi connectivity index (χ4v) is 8.29. The average Bonchev–Trinajstić information content (AvgIpc) is 3.35. The monoisotopic (exact) mass is 488 g/mol. The van der Waals surface area contributed by atoms with Gasteiger partial charge in [-0.3, -0.25) is 4.79 Å². The number of methoxy groups -OCH3 is 1. The minimum atomic E-state index is -0.623. The molecule has 0 spiro atoms. The van der Waals surface area contributed by atoms with Gasteiger partial charge in [0, 0.05) is 31.5 Å². The number of hydrogen-bond acceptors (Lipinski definition) is 4. The van der Waals surface area contributed by atoms with Crippen molar-refractivity contribution in [1.29, 1.82) is 0 Å². The van der Waals surface area contributed by atoms with E-state index in [4.69, 9.17) is 4.74 Å². The molecule has 2 bridgehead atoms. The number of carbonyl (C=O) groups excluding carboxylic acids is 1. The van der Waals surface area contributed by atoms with Gasteiger partial charge < -0.3 is 14.9 Å². The van der Waals surface area contributed by atoms with Gasteiger partial charge in [-0.2, -0.15) is 0 Å². The van der Waals surface area contributed by atoms with Crippen LogP contribution in [0.1, 0.15) is 57.4 Å². The zero-order valence-corrected chi connectivity index (χ0v) is 21.7. The van der Waals surface area contributed by atoms with Crippen molar-refractivity contribution in [2.75, 3.05) is 13.7 Å². The lowest BCUT2D eigenvalue weighted by atomic mass is 9.50. The standard InChI is InChI=1S/C32H40O4/c1-21-29-25(20-33)19-32(30(29)36-3,31(21,2)26-12-5-4-6-13-26)28(35)16-15-22-9-7-10-23(17-22)24-11-8-14-27(34)18-24/h7-11,14,17-18,25-26,29-30,33-34H,1,4-6,12-13,15-16,19-20H2,2-3H3. The van der Waals surface area contributed by atoms with E-state index in [1.54, 1.807) is 19.2 Å². The predicted octanol–water partition coefficient (Wildman–Crippen LogP) is 6.35. The first-order valence-corrected chi connectivity index (χ1v) is 13.6. The van der Waals surface area contributed by atoms with Gasteiger partial charge in [-0.25, -0.2) is 0 Å². The third-order valence-corrected chi connectivity index (χ3v) is 10.1. The van der Waals surface area contributed by atoms with Crippen molar-refractivity contribution in [3.05, 3.63) is 66.2 Å². The first kappa shape index (κ1) is 25.2. The summed E-state index contributed by atoms with van der Waals surface area (Å²) in [6, 6.07) is 15.5. The second-order valence-corrected chi connectivity index (χ2v) is 11.5. The third kappa shape index (κ3) is 3.76. The summed E-state index contributed by atoms with van der Waals surface area (Å²) >= 11 is 0. The molecule has 4 nitrogen and oxygen atoms in total. The molecule has 36 heavy (non-hydrogen) atoms. The van der Waals surface area contributed by atoms with Crippen LogP contribution in [0.15, 0.2) is 60.7 Å². The fraction of sp³-hybridized carbons (Fsp3) is 0.531. The maximum atomic E-state index is 14.4. The largest absolute Gasteiger partial charge is 0.508 e. The van der Waals surface area contributed by atoms with Crippen molar-refractivity contribution in [1.82, 2.24) is 0 Å². The van der Waals surface area contributed by atoms with Crippen LogP contribution in [0.2, 0.25) is 0 Å². The lowest BCUT2D eigenvalue weighted by Gasteiger charge is -2.52. The van der Waals surface area contributed by atoms with Gasteiger partial charge in [0.2, 0.25) is 0 Å². The van der Waals surface area contributed by atoms with Crippen molar-refractivity contribution in [2.45, 2.75) is 64.4 Å². The molecular formula is C32H40O4. The SMILES string of the molecule is C=C1C2C(CO)CC(C(=O)CCc3cccc(-c4cccc(O)c4)c3)(C2OC)C1(C)C1CCCCC1. The van der Waals surface area contributed by atoms with E-state index < -0.39 is 5.41 Å². The van der Waals surface area contributed by atoms with Crippen LogP contribution in [0.3, 0.4) is 0 Å². The Labute approximate surface area is 215 Å². The van der Waals surface area contributed by atoms with Gasteiger partial charge in [-0.05, 0) is 66.3 Å². The number of aromatic hydroxyl groups is 1. The Morgan fingerprint density at radius 3 is 2.44 bits per heavy atom. The van der Waals surface area contributed by atoms with Crippen molar-refractivity contribution >= 4 is 5.78 Å². The summed E-state index contributed by atoms with van der Waals surface area (Å²) in [5.74, 6) is 1.04. The van der Waals surface area contributed by atoms with Gasteiger partial charge in [-0.1, -0.05) is 74.7 Å². The third-order valence-electron chi connectivity index (χ3n) is 10.1. The molecular weight excluding hydrogens is 448 g/mol. The highest BCUT2D eigenvalue weighted by Gasteiger charge is 2.74. The maximum Gasteiger partial charge on any atom is 0.142 e. The van der Waals surface area contributed by atoms with E-state index in [1.165, 1.54) is 19.3 Å². The summed E-state index contributed by atoms with van der Waals surface area (Å²) in [5.41, 5.74) is 3.34. The van der Waals surface area contributed by atoms with E-state index in [0.717, 1.165) is 35.1 Å². The van der Waals surface area contributed by atoms with Crippen molar-refractivity contribution < 1.29 is 19.7 Å². The number of benzene rings is 2. The van der Waals surface area contributed by atoms with Crippen LogP contribution in [-0.4, -0.2) is 35.8 Å². The number of carbonyl (C=O) groups is 1. The molecule has 0 amide bonds. The summed E-state index contributed by atoms with van der Waals surface area (Å²) < 4.78 is 6.14. The van der Waals surface area contributed by atoms with Crippen molar-refractivity contribution in [2.24, 2.45) is 28.6 Å².